The van der Waals surface area contributed by atoms with Crippen molar-refractivity contribution in [1.82, 2.24) is 4.98 Å². The van der Waals surface area contributed by atoms with E-state index in [-0.39, 0.29) is 5.84 Å². The van der Waals surface area contributed by atoms with E-state index in [1.807, 2.05) is 19.9 Å². The highest BCUT2D eigenvalue weighted by Crippen LogP contribution is 2.26. The van der Waals surface area contributed by atoms with Crippen molar-refractivity contribution in [1.29, 1.82) is 5.41 Å². The van der Waals surface area contributed by atoms with Crippen LogP contribution in [-0.4, -0.2) is 17.4 Å². The molecule has 4 nitrogen and oxygen atoms in total. The van der Waals surface area contributed by atoms with Crippen LogP contribution in [0, 0.1) is 19.3 Å². The molecule has 0 aliphatic heterocycles. The van der Waals surface area contributed by atoms with E-state index >= 15 is 0 Å². The third-order valence-electron chi connectivity index (χ3n) is 3.23. The minimum absolute atomic E-state index is 0.0784. The maximum absolute atomic E-state index is 7.82. The molecule has 3 N–H and O–H groups in total. The minimum Gasteiger partial charge on any atom is -0.384 e. The Morgan fingerprint density at radius 3 is 2.75 bits per heavy atom. The number of amidine groups is 1. The molecule has 2 aromatic rings. The first kappa shape index (κ1) is 14.5. The Morgan fingerprint density at radius 1 is 1.45 bits per heavy atom. The van der Waals surface area contributed by atoms with Crippen LogP contribution in [0.5, 0.6) is 0 Å². The Labute approximate surface area is 123 Å². The maximum atomic E-state index is 7.82. The maximum Gasteiger partial charge on any atom is 0.126 e. The van der Waals surface area contributed by atoms with E-state index in [2.05, 4.69) is 34.3 Å². The predicted molar refractivity (Wildman–Crippen MR) is 85.8 cm³/mol. The lowest BCUT2D eigenvalue weighted by Crippen LogP contribution is -2.26. The van der Waals surface area contributed by atoms with Gasteiger partial charge in [0.25, 0.3) is 0 Å². The van der Waals surface area contributed by atoms with Crippen molar-refractivity contribution in [2.24, 2.45) is 5.73 Å². The Balaban J connectivity index is 2.45. The van der Waals surface area contributed by atoms with Gasteiger partial charge in [-0.3, -0.25) is 10.4 Å². The van der Waals surface area contributed by atoms with Gasteiger partial charge in [-0.1, -0.05) is 6.07 Å². The highest BCUT2D eigenvalue weighted by Gasteiger charge is 2.16. The van der Waals surface area contributed by atoms with Crippen LogP contribution in [0.1, 0.15) is 28.8 Å². The van der Waals surface area contributed by atoms with Crippen molar-refractivity contribution >= 4 is 22.9 Å². The van der Waals surface area contributed by atoms with E-state index < -0.39 is 0 Å². The largest absolute Gasteiger partial charge is 0.384 e. The van der Waals surface area contributed by atoms with Crippen molar-refractivity contribution in [3.8, 4) is 0 Å². The first-order valence-corrected chi connectivity index (χ1v) is 7.50. The number of rotatable bonds is 5. The first-order chi connectivity index (χ1) is 9.52. The number of aromatic nitrogens is 1. The quantitative estimate of drug-likeness (QED) is 0.656. The number of nitrogens with one attached hydrogen (secondary N) is 1. The van der Waals surface area contributed by atoms with E-state index in [0.717, 1.165) is 35.7 Å². The molecule has 2 rings (SSSR count). The standard InChI is InChI=1S/C15H20N4S/c1-4-19(9-12-6-5-7-20-12)13-8-10(2)18-11(3)14(13)15(16)17/h5-8H,4,9H2,1-3H3,(H3,16,17). The van der Waals surface area contributed by atoms with E-state index in [0.29, 0.717) is 0 Å². The zero-order valence-corrected chi connectivity index (χ0v) is 12.9. The van der Waals surface area contributed by atoms with Crippen LogP contribution in [0.4, 0.5) is 5.69 Å². The van der Waals surface area contributed by atoms with Crippen LogP contribution >= 0.6 is 11.3 Å². The van der Waals surface area contributed by atoms with Gasteiger partial charge >= 0.3 is 0 Å². The number of thiophene rings is 1. The lowest BCUT2D eigenvalue weighted by molar-refractivity contribution is 0.836. The van der Waals surface area contributed by atoms with Crippen molar-refractivity contribution in [3.05, 3.63) is 45.4 Å². The Kier molecular flexibility index (Phi) is 4.39. The molecule has 0 amide bonds. The smallest absolute Gasteiger partial charge is 0.126 e. The normalized spacial score (nSPS) is 10.6. The molecule has 0 saturated carbocycles. The fraction of sp³-hybridized carbons (Fsp3) is 0.333. The molecule has 20 heavy (non-hydrogen) atoms. The lowest BCUT2D eigenvalue weighted by Gasteiger charge is -2.26. The number of nitrogens with two attached hydrogens (primary N) is 1. The Bertz CT molecular complexity index is 605. The van der Waals surface area contributed by atoms with Crippen LogP contribution in [0.2, 0.25) is 0 Å². The van der Waals surface area contributed by atoms with Gasteiger partial charge in [-0.2, -0.15) is 0 Å². The van der Waals surface area contributed by atoms with E-state index in [1.54, 1.807) is 11.3 Å². The van der Waals surface area contributed by atoms with Gasteiger partial charge in [0.05, 0.1) is 23.5 Å². The summed E-state index contributed by atoms with van der Waals surface area (Å²) in [5, 5.41) is 9.90. The van der Waals surface area contributed by atoms with E-state index in [9.17, 15) is 0 Å². The highest BCUT2D eigenvalue weighted by molar-refractivity contribution is 7.09. The SMILES string of the molecule is CCN(Cc1cccs1)c1cc(C)nc(C)c1C(=N)N. The van der Waals surface area contributed by atoms with Crippen LogP contribution in [0.3, 0.4) is 0 Å². The molecule has 0 unspecified atom stereocenters. The molecule has 0 aliphatic carbocycles. The van der Waals surface area contributed by atoms with Gasteiger partial charge in [0, 0.05) is 17.1 Å². The second-order valence-electron chi connectivity index (χ2n) is 4.75. The third kappa shape index (κ3) is 2.99. The monoisotopic (exact) mass is 288 g/mol. The zero-order chi connectivity index (χ0) is 14.7. The van der Waals surface area contributed by atoms with Gasteiger partial charge in [0.1, 0.15) is 5.84 Å². The molecule has 0 aliphatic rings. The molecule has 0 bridgehead atoms. The minimum atomic E-state index is 0.0784. The Hall–Kier alpha value is -1.88. The van der Waals surface area contributed by atoms with Crippen molar-refractivity contribution in [3.63, 3.8) is 0 Å². The van der Waals surface area contributed by atoms with Gasteiger partial charge in [0.2, 0.25) is 0 Å². The lowest BCUT2D eigenvalue weighted by atomic mass is 10.1. The summed E-state index contributed by atoms with van der Waals surface area (Å²) in [7, 11) is 0. The summed E-state index contributed by atoms with van der Waals surface area (Å²) >= 11 is 1.74. The van der Waals surface area contributed by atoms with Crippen molar-refractivity contribution in [2.75, 3.05) is 11.4 Å². The van der Waals surface area contributed by atoms with Crippen LogP contribution in [-0.2, 0) is 6.54 Å². The molecule has 0 atom stereocenters. The number of anilines is 1. The summed E-state index contributed by atoms with van der Waals surface area (Å²) < 4.78 is 0. The molecule has 106 valence electrons. The number of nitrogen functional groups attached to an aromatic ring is 1. The van der Waals surface area contributed by atoms with E-state index in [4.69, 9.17) is 11.1 Å². The van der Waals surface area contributed by atoms with Gasteiger partial charge in [-0.25, -0.2) is 0 Å². The molecular formula is C15H20N4S. The van der Waals surface area contributed by atoms with Gasteiger partial charge in [-0.05, 0) is 38.3 Å². The summed E-state index contributed by atoms with van der Waals surface area (Å²) in [5.74, 6) is 0.0784. The molecule has 2 heterocycles. The van der Waals surface area contributed by atoms with Crippen LogP contribution in [0.15, 0.2) is 23.6 Å². The summed E-state index contributed by atoms with van der Waals surface area (Å²) in [6.07, 6.45) is 0. The summed E-state index contributed by atoms with van der Waals surface area (Å²) in [4.78, 5) is 7.96. The fourth-order valence-electron chi connectivity index (χ4n) is 2.35. The summed E-state index contributed by atoms with van der Waals surface area (Å²) in [5.41, 5.74) is 9.26. The average Bonchev–Trinajstić information content (AvgIpc) is 2.87. The number of hydrogen-bond donors (Lipinski definition) is 2. The van der Waals surface area contributed by atoms with Gasteiger partial charge in [-0.15, -0.1) is 11.3 Å². The molecule has 2 aromatic heterocycles. The fourth-order valence-corrected chi connectivity index (χ4v) is 3.07. The molecule has 0 spiro atoms. The molecule has 0 aromatic carbocycles. The number of hydrogen-bond acceptors (Lipinski definition) is 4. The molecule has 0 radical (unpaired) electrons. The topological polar surface area (TPSA) is 66.0 Å². The molecule has 0 fully saturated rings. The van der Waals surface area contributed by atoms with Crippen molar-refractivity contribution in [2.45, 2.75) is 27.3 Å². The first-order valence-electron chi connectivity index (χ1n) is 6.63. The van der Waals surface area contributed by atoms with Crippen LogP contribution < -0.4 is 10.6 Å². The highest BCUT2D eigenvalue weighted by atomic mass is 32.1. The number of pyridine rings is 1. The molecule has 5 heteroatoms. The molecule has 0 saturated heterocycles. The van der Waals surface area contributed by atoms with Crippen LogP contribution in [0.25, 0.3) is 0 Å². The van der Waals surface area contributed by atoms with Gasteiger partial charge in [0.15, 0.2) is 0 Å². The second kappa shape index (κ2) is 6.05. The average molecular weight is 288 g/mol. The second-order valence-corrected chi connectivity index (χ2v) is 5.78. The number of aryl methyl sites for hydroxylation is 2. The predicted octanol–water partition coefficient (Wildman–Crippen LogP) is 3.07. The van der Waals surface area contributed by atoms with Crippen molar-refractivity contribution < 1.29 is 0 Å². The number of nitrogens with zero attached hydrogens (tertiary/aromatic N) is 2. The molecular weight excluding hydrogens is 268 g/mol. The van der Waals surface area contributed by atoms with Gasteiger partial charge < -0.3 is 10.6 Å². The Morgan fingerprint density at radius 2 is 2.20 bits per heavy atom. The zero-order valence-electron chi connectivity index (χ0n) is 12.1. The third-order valence-corrected chi connectivity index (χ3v) is 4.09. The summed E-state index contributed by atoms with van der Waals surface area (Å²) in [6, 6.07) is 6.20. The van der Waals surface area contributed by atoms with E-state index in [1.165, 1.54) is 4.88 Å². The summed E-state index contributed by atoms with van der Waals surface area (Å²) in [6.45, 7) is 7.69.